The summed E-state index contributed by atoms with van der Waals surface area (Å²) in [6.07, 6.45) is 5.65. The fraction of sp³-hybridized carbons (Fsp3) is 0.531. The number of aromatic nitrogens is 3. The molecule has 2 aromatic heterocycles. The molecule has 29 nitrogen and oxygen atoms in total. The van der Waals surface area contributed by atoms with Gasteiger partial charge in [0.15, 0.2) is 5.96 Å². The Balaban J connectivity index is 1.23. The van der Waals surface area contributed by atoms with Crippen LogP contribution in [0.4, 0.5) is 0 Å². The average Bonchev–Trinajstić information content (AvgIpc) is 4.29. The van der Waals surface area contributed by atoms with Gasteiger partial charge in [0.2, 0.25) is 65.0 Å². The maximum absolute atomic E-state index is 14.2. The number of carbonyl (C=O) groups excluding carboxylic acids is 11. The first kappa shape index (κ1) is 61.6. The second-order valence-corrected chi connectivity index (χ2v) is 19.8. The molecule has 5 rings (SSSR count). The average molecular weight is 1120 g/mol. The predicted octanol–water partition coefficient (Wildman–Crippen LogP) is -5.41. The molecule has 3 aromatic rings. The zero-order valence-electron chi connectivity index (χ0n) is 43.8. The number of nitrogens with zero attached hydrogens (tertiary/aromatic N) is 3. The third-order valence-electron chi connectivity index (χ3n) is 12.9. The molecule has 0 bridgehead atoms. The van der Waals surface area contributed by atoms with Gasteiger partial charge in [-0.3, -0.25) is 57.7 Å². The minimum Gasteiger partial charge on any atom is -0.394 e. The molecule has 11 amide bonds. The summed E-state index contributed by atoms with van der Waals surface area (Å²) in [4.78, 5) is 161. The molecule has 0 radical (unpaired) electrons. The number of para-hydroxylation sites is 1. The predicted molar refractivity (Wildman–Crippen MR) is 287 cm³/mol. The molecule has 4 heterocycles. The second kappa shape index (κ2) is 30.0. The van der Waals surface area contributed by atoms with Crippen LogP contribution >= 0.6 is 12.6 Å². The number of benzene rings is 1. The van der Waals surface area contributed by atoms with E-state index in [9.17, 15) is 57.8 Å². The van der Waals surface area contributed by atoms with Crippen molar-refractivity contribution in [2.75, 3.05) is 38.5 Å². The smallest absolute Gasteiger partial charge is 0.245 e. The third kappa shape index (κ3) is 18.7. The SMILES string of the molecule is CC(C)C[C@H](NC(=O)CNC(=O)[C@H](CS)NC(=O)[C@H](CO)NC(=O)[C@H](Cc1c[nH]c2ccccc12)NC(=O)[C@H](Cc1cnc[nH]1)NC(=O)[C@@H]1CCC(=O)N1)C(=O)N[C@@H](CCCN=C(N)N)C(=O)N1CCC[C@H]1C(=O)NCC(N)=O. The number of amides is 11. The van der Waals surface area contributed by atoms with Crippen LogP contribution < -0.4 is 65.1 Å². The number of aliphatic hydroxyl groups excluding tert-OH is 1. The fourth-order valence-corrected chi connectivity index (χ4v) is 9.17. The van der Waals surface area contributed by atoms with E-state index in [0.29, 0.717) is 29.5 Å². The van der Waals surface area contributed by atoms with Gasteiger partial charge in [-0.25, -0.2) is 4.98 Å². The summed E-state index contributed by atoms with van der Waals surface area (Å²) in [6.45, 7) is 1.74. The van der Waals surface area contributed by atoms with Crippen molar-refractivity contribution in [2.24, 2.45) is 28.1 Å². The van der Waals surface area contributed by atoms with E-state index in [1.165, 1.54) is 17.4 Å². The van der Waals surface area contributed by atoms with Gasteiger partial charge in [0, 0.05) is 67.1 Å². The minimum atomic E-state index is -1.70. The van der Waals surface area contributed by atoms with Crippen LogP contribution in [0, 0.1) is 5.92 Å². The number of rotatable bonds is 30. The Hall–Kier alpha value is -8.28. The van der Waals surface area contributed by atoms with Crippen LogP contribution in [0.1, 0.15) is 70.1 Å². The van der Waals surface area contributed by atoms with E-state index >= 15 is 0 Å². The second-order valence-electron chi connectivity index (χ2n) is 19.5. The molecule has 0 saturated carbocycles. The van der Waals surface area contributed by atoms with Gasteiger partial charge in [0.1, 0.15) is 48.3 Å². The summed E-state index contributed by atoms with van der Waals surface area (Å²) in [5.41, 5.74) is 17.9. The Morgan fingerprint density at radius 2 is 1.46 bits per heavy atom. The van der Waals surface area contributed by atoms with Crippen molar-refractivity contribution in [2.45, 2.75) is 120 Å². The summed E-state index contributed by atoms with van der Waals surface area (Å²) >= 11 is 4.20. The Morgan fingerprint density at radius 3 is 2.10 bits per heavy atom. The molecule has 2 fully saturated rings. The zero-order chi connectivity index (χ0) is 57.8. The van der Waals surface area contributed by atoms with Gasteiger partial charge in [-0.05, 0) is 56.1 Å². The number of nitrogens with two attached hydrogens (primary N) is 3. The molecule has 0 unspecified atom stereocenters. The van der Waals surface area contributed by atoms with Crippen LogP contribution in [0.25, 0.3) is 10.9 Å². The van der Waals surface area contributed by atoms with Crippen LogP contribution in [-0.4, -0.2) is 183 Å². The van der Waals surface area contributed by atoms with Gasteiger partial charge < -0.3 is 85.0 Å². The Kier molecular flexibility index (Phi) is 23.4. The maximum Gasteiger partial charge on any atom is 0.245 e. The lowest BCUT2D eigenvalue weighted by molar-refractivity contribution is -0.142. The number of aromatic amines is 2. The summed E-state index contributed by atoms with van der Waals surface area (Å²) in [5, 5.41) is 33.9. The topological polar surface area (TPSA) is 454 Å². The number of aliphatic imine (C=N–C) groups is 1. The van der Waals surface area contributed by atoms with E-state index in [1.54, 1.807) is 44.3 Å². The van der Waals surface area contributed by atoms with Crippen LogP contribution in [0.15, 0.2) is 48.0 Å². The van der Waals surface area contributed by atoms with Gasteiger partial charge in [-0.2, -0.15) is 12.6 Å². The molecule has 18 N–H and O–H groups in total. The van der Waals surface area contributed by atoms with Crippen molar-refractivity contribution < 1.29 is 57.8 Å². The van der Waals surface area contributed by atoms with E-state index in [4.69, 9.17) is 17.2 Å². The summed E-state index contributed by atoms with van der Waals surface area (Å²) in [7, 11) is 0. The van der Waals surface area contributed by atoms with Crippen molar-refractivity contribution in [1.82, 2.24) is 67.7 Å². The summed E-state index contributed by atoms with van der Waals surface area (Å²) in [5.74, 6) is -8.89. The lowest BCUT2D eigenvalue weighted by Crippen LogP contribution is -2.60. The number of hydrogen-bond donors (Lipinski definition) is 16. The van der Waals surface area contributed by atoms with Crippen LogP contribution in [0.2, 0.25) is 0 Å². The van der Waals surface area contributed by atoms with E-state index < -0.39 is 127 Å². The van der Waals surface area contributed by atoms with E-state index in [-0.39, 0.29) is 81.6 Å². The first-order valence-electron chi connectivity index (χ1n) is 25.7. The molecule has 79 heavy (non-hydrogen) atoms. The Morgan fingerprint density at radius 1 is 0.785 bits per heavy atom. The van der Waals surface area contributed by atoms with Crippen molar-refractivity contribution in [1.29, 1.82) is 0 Å². The van der Waals surface area contributed by atoms with E-state index in [1.807, 2.05) is 0 Å². The first-order chi connectivity index (χ1) is 37.7. The van der Waals surface area contributed by atoms with Crippen molar-refractivity contribution >= 4 is 94.5 Å². The molecule has 0 aliphatic carbocycles. The molecule has 1 aromatic carbocycles. The van der Waals surface area contributed by atoms with Crippen LogP contribution in [-0.2, 0) is 65.6 Å². The highest BCUT2D eigenvalue weighted by Gasteiger charge is 2.39. The standard InChI is InChI=1S/C49H71N17O12S/c1-25(2)15-32(43(73)61-31(9-5-13-54-49(51)52)48(78)66-14-6-10-37(66)47(77)56-20-38(50)68)60-40(70)21-57-41(71)36(23-79)65-46(76)35(22-67)64-44(74)33(16-26-18-55-29-8-4-3-7-28(26)29)62-45(75)34(17-27-19-53-24-58-27)63-42(72)30-11-12-39(69)59-30/h3-4,7-8,18-19,24-25,30-37,55,67,79H,5-6,9-17,20-23H2,1-2H3,(H2,50,68)(H,53,58)(H,56,77)(H,57,71)(H,59,69)(H,60,70)(H,61,73)(H,62,75)(H,63,72)(H,64,74)(H,65,76)(H4,51,52,54)/t30-,31-,32-,33-,34-,35-,36-,37-/m0/s1. The largest absolute Gasteiger partial charge is 0.394 e. The summed E-state index contributed by atoms with van der Waals surface area (Å²) in [6, 6.07) is -2.96. The number of fused-ring (bicyclic) bond motifs is 1. The minimum absolute atomic E-state index is 0.0321. The quantitative estimate of drug-likeness (QED) is 0.0128. The number of aliphatic hydroxyl groups is 1. The fourth-order valence-electron chi connectivity index (χ4n) is 8.91. The van der Waals surface area contributed by atoms with Gasteiger partial charge in [-0.1, -0.05) is 32.0 Å². The molecular formula is C49H71N17O12S. The number of carbonyl (C=O) groups is 11. The normalized spacial score (nSPS) is 17.2. The first-order valence-corrected chi connectivity index (χ1v) is 26.3. The number of likely N-dealkylation sites (tertiary alicyclic amines) is 1. The van der Waals surface area contributed by atoms with E-state index in [0.717, 1.165) is 5.52 Å². The molecule has 0 spiro atoms. The third-order valence-corrected chi connectivity index (χ3v) is 13.3. The summed E-state index contributed by atoms with van der Waals surface area (Å²) < 4.78 is 0. The van der Waals surface area contributed by atoms with Gasteiger partial charge in [-0.15, -0.1) is 0 Å². The van der Waals surface area contributed by atoms with Gasteiger partial charge >= 0.3 is 0 Å². The monoisotopic (exact) mass is 1120 g/mol. The Bertz CT molecular complexity index is 2700. The zero-order valence-corrected chi connectivity index (χ0v) is 44.7. The molecule has 2 aliphatic heterocycles. The van der Waals surface area contributed by atoms with Gasteiger partial charge in [0.05, 0.1) is 26.0 Å². The number of guanidine groups is 1. The van der Waals surface area contributed by atoms with Crippen LogP contribution in [0.3, 0.4) is 0 Å². The number of H-pyrrole nitrogens is 2. The highest BCUT2D eigenvalue weighted by Crippen LogP contribution is 2.22. The molecule has 8 atom stereocenters. The molecule has 2 saturated heterocycles. The molecule has 30 heteroatoms. The number of hydrogen-bond acceptors (Lipinski definition) is 15. The molecular weight excluding hydrogens is 1050 g/mol. The maximum atomic E-state index is 14.2. The lowest BCUT2D eigenvalue weighted by Gasteiger charge is -2.30. The van der Waals surface area contributed by atoms with Gasteiger partial charge in [0.25, 0.3) is 0 Å². The van der Waals surface area contributed by atoms with Crippen LogP contribution in [0.5, 0.6) is 0 Å². The number of imidazole rings is 1. The van der Waals surface area contributed by atoms with Crippen molar-refractivity contribution in [3.63, 3.8) is 0 Å². The molecule has 2 aliphatic rings. The van der Waals surface area contributed by atoms with Crippen molar-refractivity contribution in [3.05, 3.63) is 54.2 Å². The van der Waals surface area contributed by atoms with E-state index in [2.05, 4.69) is 80.4 Å². The van der Waals surface area contributed by atoms with Crippen molar-refractivity contribution in [3.8, 4) is 0 Å². The Labute approximate surface area is 459 Å². The highest BCUT2D eigenvalue weighted by atomic mass is 32.1. The number of primary amides is 1. The highest BCUT2D eigenvalue weighted by molar-refractivity contribution is 7.80. The lowest BCUT2D eigenvalue weighted by atomic mass is 10.0. The number of nitrogens with one attached hydrogen (secondary N) is 11. The number of thiol groups is 1. The molecule has 430 valence electrons.